The minimum atomic E-state index is 0.577. The molecule has 22 heavy (non-hydrogen) atoms. The van der Waals surface area contributed by atoms with Crippen molar-refractivity contribution in [2.24, 2.45) is 5.92 Å². The monoisotopic (exact) mass is 317 g/mol. The Morgan fingerprint density at radius 3 is 2.41 bits per heavy atom. The maximum atomic E-state index is 5.66. The maximum absolute atomic E-state index is 5.66. The van der Waals surface area contributed by atoms with Crippen LogP contribution in [0, 0.1) is 5.92 Å². The quantitative estimate of drug-likeness (QED) is 0.844. The Labute approximate surface area is 139 Å². The van der Waals surface area contributed by atoms with E-state index in [0.29, 0.717) is 6.04 Å². The lowest BCUT2D eigenvalue weighted by atomic mass is 9.86. The smallest absolute Gasteiger partial charge is 0.169 e. The standard InChI is InChI=1S/C18H27N3S/c1-15-7-5-6-10-17(15)19-18(22)21-13-11-20(12-14-21)16-8-3-2-4-9-16/h2-4,8-9,15,17H,5-7,10-14H2,1H3,(H,19,22)/t15-,17-/m1/s1. The zero-order valence-electron chi connectivity index (χ0n) is 13.5. The van der Waals surface area contributed by atoms with Crippen LogP contribution in [0.3, 0.4) is 0 Å². The van der Waals surface area contributed by atoms with E-state index in [9.17, 15) is 0 Å². The number of nitrogens with zero attached hydrogens (tertiary/aromatic N) is 2. The first kappa shape index (κ1) is 15.6. The number of hydrogen-bond acceptors (Lipinski definition) is 2. The molecule has 0 amide bonds. The van der Waals surface area contributed by atoms with Crippen LogP contribution in [0.15, 0.2) is 30.3 Å². The van der Waals surface area contributed by atoms with Gasteiger partial charge in [0, 0.05) is 37.9 Å². The summed E-state index contributed by atoms with van der Waals surface area (Å²) in [4.78, 5) is 4.79. The summed E-state index contributed by atoms with van der Waals surface area (Å²) in [7, 11) is 0. The van der Waals surface area contributed by atoms with E-state index in [1.165, 1.54) is 31.4 Å². The second-order valence-corrected chi connectivity index (χ2v) is 7.01. The Morgan fingerprint density at radius 2 is 1.73 bits per heavy atom. The lowest BCUT2D eigenvalue weighted by Crippen LogP contribution is -2.54. The Morgan fingerprint density at radius 1 is 1.05 bits per heavy atom. The van der Waals surface area contributed by atoms with Crippen LogP contribution in [0.25, 0.3) is 0 Å². The number of nitrogens with one attached hydrogen (secondary N) is 1. The van der Waals surface area contributed by atoms with E-state index < -0.39 is 0 Å². The summed E-state index contributed by atoms with van der Waals surface area (Å²) < 4.78 is 0. The summed E-state index contributed by atoms with van der Waals surface area (Å²) >= 11 is 5.66. The van der Waals surface area contributed by atoms with Crippen molar-refractivity contribution in [3.05, 3.63) is 30.3 Å². The minimum Gasteiger partial charge on any atom is -0.368 e. The van der Waals surface area contributed by atoms with Gasteiger partial charge in [-0.3, -0.25) is 0 Å². The van der Waals surface area contributed by atoms with Gasteiger partial charge in [-0.1, -0.05) is 38.0 Å². The zero-order chi connectivity index (χ0) is 15.4. The molecule has 4 heteroatoms. The van der Waals surface area contributed by atoms with Gasteiger partial charge < -0.3 is 15.1 Å². The van der Waals surface area contributed by atoms with Crippen molar-refractivity contribution in [2.45, 2.75) is 38.6 Å². The first-order valence-electron chi connectivity index (χ1n) is 8.59. The van der Waals surface area contributed by atoms with Gasteiger partial charge >= 0.3 is 0 Å². The Kier molecular flexibility index (Phi) is 5.19. The summed E-state index contributed by atoms with van der Waals surface area (Å²) in [6.07, 6.45) is 5.32. The molecule has 1 aromatic rings. The predicted molar refractivity (Wildman–Crippen MR) is 97.4 cm³/mol. The fraction of sp³-hybridized carbons (Fsp3) is 0.611. The Bertz CT molecular complexity index is 482. The van der Waals surface area contributed by atoms with Crippen LogP contribution in [-0.4, -0.2) is 42.2 Å². The molecule has 0 radical (unpaired) electrons. The van der Waals surface area contributed by atoms with E-state index in [4.69, 9.17) is 12.2 Å². The normalized spacial score (nSPS) is 25.9. The molecule has 0 bridgehead atoms. The van der Waals surface area contributed by atoms with Crippen molar-refractivity contribution in [1.82, 2.24) is 10.2 Å². The summed E-state index contributed by atoms with van der Waals surface area (Å²) in [6, 6.07) is 11.3. The predicted octanol–water partition coefficient (Wildman–Crippen LogP) is 3.26. The molecule has 120 valence electrons. The van der Waals surface area contributed by atoms with Gasteiger partial charge in [0.15, 0.2) is 5.11 Å². The van der Waals surface area contributed by atoms with E-state index in [0.717, 1.165) is 37.2 Å². The lowest BCUT2D eigenvalue weighted by Gasteiger charge is -2.39. The third-order valence-corrected chi connectivity index (χ3v) is 5.48. The fourth-order valence-corrected chi connectivity index (χ4v) is 3.92. The molecule has 1 saturated carbocycles. The SMILES string of the molecule is C[C@@H]1CCCC[C@H]1NC(=S)N1CCN(c2ccccc2)CC1. The van der Waals surface area contributed by atoms with E-state index in [1.807, 2.05) is 0 Å². The molecule has 0 spiro atoms. The molecule has 1 aliphatic carbocycles. The van der Waals surface area contributed by atoms with Crippen molar-refractivity contribution >= 4 is 23.0 Å². The topological polar surface area (TPSA) is 18.5 Å². The number of anilines is 1. The highest BCUT2D eigenvalue weighted by Crippen LogP contribution is 2.24. The Hall–Kier alpha value is -1.29. The molecule has 2 aliphatic rings. The lowest BCUT2D eigenvalue weighted by molar-refractivity contribution is 0.293. The van der Waals surface area contributed by atoms with E-state index in [1.54, 1.807) is 0 Å². The van der Waals surface area contributed by atoms with Gasteiger partial charge in [-0.15, -0.1) is 0 Å². The van der Waals surface area contributed by atoms with Crippen molar-refractivity contribution in [1.29, 1.82) is 0 Å². The van der Waals surface area contributed by atoms with Gasteiger partial charge in [0.25, 0.3) is 0 Å². The number of benzene rings is 1. The van der Waals surface area contributed by atoms with E-state index in [2.05, 4.69) is 52.4 Å². The van der Waals surface area contributed by atoms with Crippen LogP contribution in [-0.2, 0) is 0 Å². The molecule has 1 aromatic carbocycles. The van der Waals surface area contributed by atoms with Gasteiger partial charge in [-0.05, 0) is 43.1 Å². The van der Waals surface area contributed by atoms with Gasteiger partial charge in [0.1, 0.15) is 0 Å². The molecule has 2 fully saturated rings. The first-order valence-corrected chi connectivity index (χ1v) is 9.00. The molecule has 1 heterocycles. The van der Waals surface area contributed by atoms with Gasteiger partial charge in [0.05, 0.1) is 0 Å². The van der Waals surface area contributed by atoms with Gasteiger partial charge in [-0.2, -0.15) is 0 Å². The molecule has 3 rings (SSSR count). The second-order valence-electron chi connectivity index (χ2n) is 6.63. The third-order valence-electron chi connectivity index (χ3n) is 5.11. The van der Waals surface area contributed by atoms with Crippen LogP contribution in [0.1, 0.15) is 32.6 Å². The van der Waals surface area contributed by atoms with Crippen molar-refractivity contribution in [2.75, 3.05) is 31.1 Å². The highest BCUT2D eigenvalue weighted by Gasteiger charge is 2.25. The number of rotatable bonds is 2. The van der Waals surface area contributed by atoms with Crippen molar-refractivity contribution < 1.29 is 0 Å². The van der Waals surface area contributed by atoms with Crippen LogP contribution >= 0.6 is 12.2 Å². The van der Waals surface area contributed by atoms with E-state index >= 15 is 0 Å². The number of thiocarbonyl (C=S) groups is 1. The molecule has 1 saturated heterocycles. The number of piperazine rings is 1. The molecule has 2 atom stereocenters. The first-order chi connectivity index (χ1) is 10.7. The molecular weight excluding hydrogens is 290 g/mol. The zero-order valence-corrected chi connectivity index (χ0v) is 14.3. The van der Waals surface area contributed by atoms with Crippen LogP contribution in [0.5, 0.6) is 0 Å². The number of hydrogen-bond donors (Lipinski definition) is 1. The van der Waals surface area contributed by atoms with E-state index in [-0.39, 0.29) is 0 Å². The molecule has 1 aliphatic heterocycles. The number of para-hydroxylation sites is 1. The summed E-state index contributed by atoms with van der Waals surface area (Å²) in [5.41, 5.74) is 1.32. The van der Waals surface area contributed by atoms with Gasteiger partial charge in [-0.25, -0.2) is 0 Å². The van der Waals surface area contributed by atoms with Crippen LogP contribution < -0.4 is 10.2 Å². The summed E-state index contributed by atoms with van der Waals surface area (Å²) in [6.45, 7) is 6.48. The van der Waals surface area contributed by atoms with Crippen LogP contribution in [0.2, 0.25) is 0 Å². The molecule has 3 nitrogen and oxygen atoms in total. The maximum Gasteiger partial charge on any atom is 0.169 e. The summed E-state index contributed by atoms with van der Waals surface area (Å²) in [5, 5.41) is 4.60. The molecule has 0 unspecified atom stereocenters. The van der Waals surface area contributed by atoms with Crippen LogP contribution in [0.4, 0.5) is 5.69 Å². The van der Waals surface area contributed by atoms with Crippen molar-refractivity contribution in [3.8, 4) is 0 Å². The second kappa shape index (κ2) is 7.32. The summed E-state index contributed by atoms with van der Waals surface area (Å²) in [5.74, 6) is 0.748. The average molecular weight is 318 g/mol. The minimum absolute atomic E-state index is 0.577. The fourth-order valence-electron chi connectivity index (χ4n) is 3.59. The average Bonchev–Trinajstić information content (AvgIpc) is 2.58. The van der Waals surface area contributed by atoms with Gasteiger partial charge in [0.2, 0.25) is 0 Å². The molecular formula is C18H27N3S. The molecule has 0 aromatic heterocycles. The Balaban J connectivity index is 1.49. The van der Waals surface area contributed by atoms with Crippen molar-refractivity contribution in [3.63, 3.8) is 0 Å². The highest BCUT2D eigenvalue weighted by atomic mass is 32.1. The highest BCUT2D eigenvalue weighted by molar-refractivity contribution is 7.80. The largest absolute Gasteiger partial charge is 0.368 e. The molecule has 1 N–H and O–H groups in total. The third kappa shape index (κ3) is 3.72.